The van der Waals surface area contributed by atoms with E-state index in [1.807, 2.05) is 12.1 Å². The predicted molar refractivity (Wildman–Crippen MR) is 89.7 cm³/mol. The number of aromatic nitrogens is 2. The first kappa shape index (κ1) is 15.2. The van der Waals surface area contributed by atoms with Gasteiger partial charge in [-0.3, -0.25) is 0 Å². The van der Waals surface area contributed by atoms with Crippen LogP contribution in [0.25, 0.3) is 11.0 Å². The molecule has 1 aromatic carbocycles. The quantitative estimate of drug-likeness (QED) is 0.833. The minimum atomic E-state index is 0.760. The molecule has 0 atom stereocenters. The molecule has 0 spiro atoms. The van der Waals surface area contributed by atoms with Crippen molar-refractivity contribution in [2.24, 2.45) is 0 Å². The van der Waals surface area contributed by atoms with E-state index in [1.54, 1.807) is 0 Å². The van der Waals surface area contributed by atoms with Crippen LogP contribution in [0.1, 0.15) is 26.2 Å². The molecule has 1 aromatic heterocycles. The zero-order valence-electron chi connectivity index (χ0n) is 13.6. The lowest BCUT2D eigenvalue weighted by Gasteiger charge is -2.32. The maximum absolute atomic E-state index is 5.92. The fourth-order valence-electron chi connectivity index (χ4n) is 2.75. The third-order valence-corrected chi connectivity index (χ3v) is 4.20. The van der Waals surface area contributed by atoms with Crippen molar-refractivity contribution in [2.75, 3.05) is 44.7 Å². The van der Waals surface area contributed by atoms with Crippen molar-refractivity contribution in [3.05, 3.63) is 18.2 Å². The van der Waals surface area contributed by atoms with E-state index in [-0.39, 0.29) is 0 Å². The minimum Gasteiger partial charge on any atom is -0.491 e. The van der Waals surface area contributed by atoms with Crippen LogP contribution in [0.15, 0.2) is 12.1 Å². The van der Waals surface area contributed by atoms with Crippen LogP contribution < -0.4 is 9.64 Å². The summed E-state index contributed by atoms with van der Waals surface area (Å²) in [6, 6.07) is 7.07. The molecule has 3 rings (SSSR count). The molecule has 1 fully saturated rings. The van der Waals surface area contributed by atoms with Crippen LogP contribution in [0.4, 0.5) is 5.95 Å². The number of benzene rings is 1. The molecule has 2 aromatic rings. The number of aromatic amines is 1. The van der Waals surface area contributed by atoms with E-state index in [2.05, 4.69) is 39.8 Å². The van der Waals surface area contributed by atoms with Gasteiger partial charge < -0.3 is 19.5 Å². The van der Waals surface area contributed by atoms with Crippen LogP contribution in [0.3, 0.4) is 0 Å². The average molecular weight is 301 g/mol. The monoisotopic (exact) mass is 301 g/mol. The van der Waals surface area contributed by atoms with Crippen molar-refractivity contribution in [3.8, 4) is 5.75 Å². The number of hydrogen-bond donors (Lipinski definition) is 1. The first-order valence-electron chi connectivity index (χ1n) is 8.24. The molecule has 1 aliphatic rings. The Morgan fingerprint density at radius 3 is 2.86 bits per heavy atom. The number of likely N-dealkylation sites (N-methyl/N-ethyl adjacent to an activating group) is 1. The van der Waals surface area contributed by atoms with E-state index < -0.39 is 0 Å². The molecule has 1 aliphatic heterocycles. The zero-order chi connectivity index (χ0) is 15.4. The number of hydrogen-bond acceptors (Lipinski definition) is 4. The summed E-state index contributed by atoms with van der Waals surface area (Å²) in [6.45, 7) is 7.11. The van der Waals surface area contributed by atoms with Crippen molar-refractivity contribution >= 4 is 17.0 Å². The highest BCUT2D eigenvalue weighted by Gasteiger charge is 2.18. The molecule has 0 aliphatic carbocycles. The van der Waals surface area contributed by atoms with E-state index in [4.69, 9.17) is 4.74 Å². The van der Waals surface area contributed by atoms with E-state index in [9.17, 15) is 0 Å². The number of unbranched alkanes of at least 4 members (excludes halogenated alkanes) is 2. The fourth-order valence-corrected chi connectivity index (χ4v) is 2.75. The molecule has 1 saturated heterocycles. The average Bonchev–Trinajstić information content (AvgIpc) is 2.97. The van der Waals surface area contributed by atoms with Gasteiger partial charge in [0.2, 0.25) is 5.95 Å². The molecule has 0 saturated carbocycles. The van der Waals surface area contributed by atoms with Gasteiger partial charge in [0.05, 0.1) is 6.61 Å². The Bertz CT molecular complexity index is 602. The Kier molecular flexibility index (Phi) is 4.83. The summed E-state index contributed by atoms with van der Waals surface area (Å²) in [5.74, 6) is 1.82. The van der Waals surface area contributed by atoms with Gasteiger partial charge in [-0.2, -0.15) is 0 Å². The van der Waals surface area contributed by atoms with Gasteiger partial charge in [0, 0.05) is 32.2 Å². The maximum Gasteiger partial charge on any atom is 0.204 e. The van der Waals surface area contributed by atoms with Crippen LogP contribution >= 0.6 is 0 Å². The third-order valence-electron chi connectivity index (χ3n) is 4.20. The number of imidazole rings is 1. The van der Waals surface area contributed by atoms with Crippen LogP contribution in [-0.2, 0) is 0 Å². The summed E-state index contributed by atoms with van der Waals surface area (Å²) in [5.41, 5.74) is 1.83. The summed E-state index contributed by atoms with van der Waals surface area (Å²) in [6.07, 6.45) is 3.51. The number of H-pyrrole nitrogens is 1. The fraction of sp³-hybridized carbons (Fsp3) is 0.588. The lowest BCUT2D eigenvalue weighted by molar-refractivity contribution is 0.308. The first-order chi connectivity index (χ1) is 10.8. The van der Waals surface area contributed by atoms with Gasteiger partial charge in [0.15, 0.2) is 0 Å². The molecule has 1 radical (unpaired) electrons. The normalized spacial score (nSPS) is 16.4. The number of nitrogens with zero attached hydrogens (tertiary/aromatic N) is 3. The molecular weight excluding hydrogens is 276 g/mol. The van der Waals surface area contributed by atoms with Crippen LogP contribution in [0.5, 0.6) is 5.75 Å². The molecule has 5 heteroatoms. The van der Waals surface area contributed by atoms with Crippen molar-refractivity contribution in [1.82, 2.24) is 14.9 Å². The smallest absolute Gasteiger partial charge is 0.204 e. The van der Waals surface area contributed by atoms with Gasteiger partial charge in [-0.05, 0) is 25.6 Å². The number of rotatable bonds is 6. The van der Waals surface area contributed by atoms with E-state index >= 15 is 0 Å². The topological polar surface area (TPSA) is 44.4 Å². The molecule has 119 valence electrons. The van der Waals surface area contributed by atoms with Crippen LogP contribution in [-0.4, -0.2) is 54.7 Å². The standard InChI is InChI=1S/C17H25N4O/c1-3-4-5-13-22-15-8-6-7-14-16(15)19-17(18-14)21-11-9-20(2)10-12-21/h6,8H,3-5,9-13H2,1-2H3,(H,18,19). The summed E-state index contributed by atoms with van der Waals surface area (Å²) >= 11 is 0. The molecular formula is C17H25N4O. The second kappa shape index (κ2) is 7.01. The number of fused-ring (bicyclic) bond motifs is 1. The van der Waals surface area contributed by atoms with E-state index in [0.717, 1.165) is 61.9 Å². The molecule has 1 N–H and O–H groups in total. The lowest BCUT2D eigenvalue weighted by atomic mass is 10.2. The Hall–Kier alpha value is -1.75. The van der Waals surface area contributed by atoms with Gasteiger partial charge in [0.1, 0.15) is 16.8 Å². The lowest BCUT2D eigenvalue weighted by Crippen LogP contribution is -2.44. The first-order valence-corrected chi connectivity index (χ1v) is 8.24. The summed E-state index contributed by atoms with van der Waals surface area (Å²) < 4.78 is 5.92. The summed E-state index contributed by atoms with van der Waals surface area (Å²) in [4.78, 5) is 12.8. The largest absolute Gasteiger partial charge is 0.491 e. The van der Waals surface area contributed by atoms with Gasteiger partial charge >= 0.3 is 0 Å². The summed E-state index contributed by atoms with van der Waals surface area (Å²) in [7, 11) is 2.16. The zero-order valence-corrected chi connectivity index (χ0v) is 13.6. The number of ether oxygens (including phenoxy) is 1. The van der Waals surface area contributed by atoms with E-state index in [1.165, 1.54) is 12.8 Å². The van der Waals surface area contributed by atoms with Gasteiger partial charge in [-0.1, -0.05) is 19.8 Å². The van der Waals surface area contributed by atoms with Crippen molar-refractivity contribution in [1.29, 1.82) is 0 Å². The molecule has 0 unspecified atom stereocenters. The molecule has 0 amide bonds. The van der Waals surface area contributed by atoms with E-state index in [0.29, 0.717) is 0 Å². The van der Waals surface area contributed by atoms with Crippen LogP contribution in [0.2, 0.25) is 0 Å². The Morgan fingerprint density at radius 2 is 2.09 bits per heavy atom. The summed E-state index contributed by atoms with van der Waals surface area (Å²) in [5, 5.41) is 0. The number of nitrogens with one attached hydrogen (secondary N) is 1. The maximum atomic E-state index is 5.92. The second-order valence-corrected chi connectivity index (χ2v) is 5.97. The number of piperazine rings is 1. The van der Waals surface area contributed by atoms with Crippen LogP contribution in [0, 0.1) is 6.07 Å². The molecule has 0 bridgehead atoms. The van der Waals surface area contributed by atoms with Crippen molar-refractivity contribution in [2.45, 2.75) is 26.2 Å². The third kappa shape index (κ3) is 3.35. The van der Waals surface area contributed by atoms with Crippen molar-refractivity contribution < 1.29 is 4.74 Å². The highest BCUT2D eigenvalue weighted by molar-refractivity contribution is 5.83. The molecule has 22 heavy (non-hydrogen) atoms. The van der Waals surface area contributed by atoms with Gasteiger partial charge in [-0.25, -0.2) is 4.98 Å². The highest BCUT2D eigenvalue weighted by Crippen LogP contribution is 2.26. The Balaban J connectivity index is 1.74. The number of anilines is 1. The highest BCUT2D eigenvalue weighted by atomic mass is 16.5. The Morgan fingerprint density at radius 1 is 1.27 bits per heavy atom. The van der Waals surface area contributed by atoms with Gasteiger partial charge in [-0.15, -0.1) is 0 Å². The molecule has 2 heterocycles. The molecule has 5 nitrogen and oxygen atoms in total. The van der Waals surface area contributed by atoms with Crippen molar-refractivity contribution in [3.63, 3.8) is 0 Å². The SMILES string of the molecule is CCCCCOc1cc[c]c2nc(N3CCN(C)CC3)[nH]c12. The second-order valence-electron chi connectivity index (χ2n) is 5.97. The Labute approximate surface area is 132 Å². The predicted octanol–water partition coefficient (Wildman–Crippen LogP) is 2.68. The van der Waals surface area contributed by atoms with Gasteiger partial charge in [0.25, 0.3) is 0 Å². The minimum absolute atomic E-state index is 0.760.